The number of nitrogens with one attached hydrogen (secondary N) is 4. The lowest BCUT2D eigenvalue weighted by Crippen LogP contribution is -2.52. The average Bonchev–Trinajstić information content (AvgIpc) is 3.70. The molecule has 18 heteroatoms. The quantitative estimate of drug-likeness (QED) is 0.0918. The highest BCUT2D eigenvalue weighted by Gasteiger charge is 2.30. The monoisotopic (exact) mass is 867 g/mol. The van der Waals surface area contributed by atoms with E-state index in [-0.39, 0.29) is 35.5 Å². The Morgan fingerprint density at radius 2 is 1.69 bits per heavy atom. The Labute approximate surface area is 357 Å². The fourth-order valence-corrected chi connectivity index (χ4v) is 9.57. The summed E-state index contributed by atoms with van der Waals surface area (Å²) in [4.78, 5) is 69.1. The summed E-state index contributed by atoms with van der Waals surface area (Å²) in [5, 5.41) is 5.91. The van der Waals surface area contributed by atoms with Gasteiger partial charge in [0.1, 0.15) is 23.3 Å². The van der Waals surface area contributed by atoms with Gasteiger partial charge in [0.05, 0.1) is 23.5 Å². The molecule has 0 bridgehead atoms. The van der Waals surface area contributed by atoms with Crippen molar-refractivity contribution in [3.8, 4) is 11.1 Å². The number of anilines is 3. The smallest absolute Gasteiger partial charge is 0.249 e. The van der Waals surface area contributed by atoms with Crippen LogP contribution in [0.15, 0.2) is 73.2 Å². The molecule has 4 N–H and O–H groups in total. The molecule has 8 rings (SSSR count). The molecule has 2 aromatic carbocycles. The molecule has 0 aliphatic carbocycles. The van der Waals surface area contributed by atoms with Gasteiger partial charge in [0.2, 0.25) is 33.5 Å². The third-order valence-corrected chi connectivity index (χ3v) is 13.2. The zero-order valence-corrected chi connectivity index (χ0v) is 34.9. The summed E-state index contributed by atoms with van der Waals surface area (Å²) in [6.07, 6.45) is 7.53. The van der Waals surface area contributed by atoms with Gasteiger partial charge in [-0.1, -0.05) is 19.1 Å². The number of carbonyl (C=O) groups is 4. The number of sulfonamides is 1. The van der Waals surface area contributed by atoms with E-state index in [2.05, 4.69) is 52.2 Å². The summed E-state index contributed by atoms with van der Waals surface area (Å²) >= 11 is 0. The molecule has 3 amide bonds. The van der Waals surface area contributed by atoms with Crippen LogP contribution in [-0.4, -0.2) is 114 Å². The van der Waals surface area contributed by atoms with E-state index in [9.17, 15) is 27.6 Å². The summed E-state index contributed by atoms with van der Waals surface area (Å²) in [6, 6.07) is 14.8. The Bertz CT molecular complexity index is 2620. The van der Waals surface area contributed by atoms with Gasteiger partial charge in [-0.25, -0.2) is 27.2 Å². The number of fused-ring (bicyclic) bond motifs is 1. The number of aromatic nitrogens is 3. The molecule has 3 aliphatic heterocycles. The van der Waals surface area contributed by atoms with Crippen LogP contribution in [0.5, 0.6) is 0 Å². The van der Waals surface area contributed by atoms with Gasteiger partial charge in [-0.05, 0) is 92.7 Å². The zero-order valence-electron chi connectivity index (χ0n) is 34.1. The SMILES string of the molecule is CCCS(=O)(=O)Nc1ccc(F)c(C(=O)c2c[nH]c3ncc(-c4cccnc4N4CCN(C(=O)CN5CCC(c6ccc(NC7CCC(=O)NC7=O)cc6)CC5)CC4)cc23)c1F. The van der Waals surface area contributed by atoms with Crippen LogP contribution >= 0.6 is 0 Å². The fraction of sp³-hybridized carbons (Fsp3) is 0.364. The molecule has 1 unspecified atom stereocenters. The van der Waals surface area contributed by atoms with E-state index in [4.69, 9.17) is 0 Å². The van der Waals surface area contributed by atoms with Gasteiger partial charge >= 0.3 is 0 Å². The largest absolute Gasteiger partial charge is 0.374 e. The van der Waals surface area contributed by atoms with E-state index in [1.54, 1.807) is 31.5 Å². The van der Waals surface area contributed by atoms with Crippen molar-refractivity contribution >= 4 is 61.8 Å². The molecule has 0 radical (unpaired) electrons. The summed E-state index contributed by atoms with van der Waals surface area (Å²) < 4.78 is 57.5. The van der Waals surface area contributed by atoms with E-state index in [0.29, 0.717) is 79.5 Å². The number of aromatic amines is 1. The number of piperazine rings is 1. The number of halogens is 2. The van der Waals surface area contributed by atoms with Crippen molar-refractivity contribution in [3.05, 3.63) is 102 Å². The predicted molar refractivity (Wildman–Crippen MR) is 230 cm³/mol. The molecule has 0 spiro atoms. The van der Waals surface area contributed by atoms with Crippen molar-refractivity contribution in [2.24, 2.45) is 0 Å². The Morgan fingerprint density at radius 1 is 0.935 bits per heavy atom. The van der Waals surface area contributed by atoms with Crippen LogP contribution in [0.2, 0.25) is 0 Å². The summed E-state index contributed by atoms with van der Waals surface area (Å²) in [5.74, 6) is -3.14. The number of piperidine rings is 2. The lowest BCUT2D eigenvalue weighted by atomic mass is 9.89. The lowest BCUT2D eigenvalue weighted by molar-refractivity contribution is -0.134. The minimum atomic E-state index is -3.92. The number of imide groups is 1. The number of hydrogen-bond donors (Lipinski definition) is 4. The van der Waals surface area contributed by atoms with Crippen LogP contribution in [0.3, 0.4) is 0 Å². The summed E-state index contributed by atoms with van der Waals surface area (Å²) in [7, 11) is -3.92. The first-order valence-electron chi connectivity index (χ1n) is 20.8. The van der Waals surface area contributed by atoms with Gasteiger partial charge in [0, 0.05) is 79.0 Å². The predicted octanol–water partition coefficient (Wildman–Crippen LogP) is 5.03. The number of hydrogen-bond acceptors (Lipinski definition) is 11. The van der Waals surface area contributed by atoms with E-state index in [1.165, 1.54) is 11.8 Å². The average molecular weight is 868 g/mol. The van der Waals surface area contributed by atoms with Gasteiger partial charge in [-0.15, -0.1) is 0 Å². The van der Waals surface area contributed by atoms with E-state index < -0.39 is 44.7 Å². The molecular weight excluding hydrogens is 821 g/mol. The molecule has 3 aromatic heterocycles. The maximum atomic E-state index is 15.6. The molecule has 324 valence electrons. The van der Waals surface area contributed by atoms with Gasteiger partial charge in [0.15, 0.2) is 5.82 Å². The highest BCUT2D eigenvalue weighted by Crippen LogP contribution is 2.34. The van der Waals surface area contributed by atoms with Crippen molar-refractivity contribution in [1.29, 1.82) is 0 Å². The number of pyridine rings is 2. The first-order chi connectivity index (χ1) is 29.9. The number of nitrogens with zero attached hydrogens (tertiary/aromatic N) is 5. The molecular formula is C44H47F2N9O6S. The van der Waals surface area contributed by atoms with Crippen LogP contribution < -0.4 is 20.3 Å². The Hall–Kier alpha value is -6.27. The van der Waals surface area contributed by atoms with Crippen LogP contribution in [0.4, 0.5) is 26.0 Å². The van der Waals surface area contributed by atoms with Crippen molar-refractivity contribution in [3.63, 3.8) is 0 Å². The van der Waals surface area contributed by atoms with Crippen LogP contribution in [-0.2, 0) is 24.4 Å². The van der Waals surface area contributed by atoms with Crippen LogP contribution in [0.25, 0.3) is 22.2 Å². The molecule has 1 atom stereocenters. The maximum Gasteiger partial charge on any atom is 0.249 e. The number of rotatable bonds is 13. The summed E-state index contributed by atoms with van der Waals surface area (Å²) in [5.41, 5.74) is 2.24. The van der Waals surface area contributed by atoms with Crippen LogP contribution in [0.1, 0.15) is 66.4 Å². The highest BCUT2D eigenvalue weighted by molar-refractivity contribution is 7.92. The van der Waals surface area contributed by atoms with Crippen molar-refractivity contribution in [1.82, 2.24) is 30.1 Å². The number of ketones is 1. The normalized spacial score (nSPS) is 17.9. The number of likely N-dealkylation sites (tertiary alicyclic amines) is 1. The van der Waals surface area contributed by atoms with Crippen molar-refractivity contribution < 1.29 is 36.4 Å². The molecule has 0 saturated carbocycles. The second-order valence-corrected chi connectivity index (χ2v) is 17.8. The molecule has 3 saturated heterocycles. The Kier molecular flexibility index (Phi) is 12.3. The first kappa shape index (κ1) is 42.4. The second kappa shape index (κ2) is 18.0. The van der Waals surface area contributed by atoms with Gasteiger partial charge in [0.25, 0.3) is 0 Å². The van der Waals surface area contributed by atoms with Crippen molar-refractivity contribution in [2.45, 2.75) is 51.0 Å². The topological polar surface area (TPSA) is 190 Å². The van der Waals surface area contributed by atoms with Gasteiger partial charge in [-0.2, -0.15) is 0 Å². The Morgan fingerprint density at radius 3 is 2.42 bits per heavy atom. The molecule has 6 heterocycles. The number of H-pyrrole nitrogens is 1. The summed E-state index contributed by atoms with van der Waals surface area (Å²) in [6.45, 7) is 5.66. The van der Waals surface area contributed by atoms with E-state index in [0.717, 1.165) is 43.8 Å². The minimum absolute atomic E-state index is 0.0438. The Balaban J connectivity index is 0.878. The number of amides is 3. The third-order valence-electron chi connectivity index (χ3n) is 11.8. The molecule has 3 fully saturated rings. The van der Waals surface area contributed by atoms with Gasteiger partial charge < -0.3 is 20.1 Å². The van der Waals surface area contributed by atoms with E-state index >= 15 is 8.78 Å². The van der Waals surface area contributed by atoms with Crippen LogP contribution in [0, 0.1) is 11.6 Å². The fourth-order valence-electron chi connectivity index (χ4n) is 8.44. The molecule has 62 heavy (non-hydrogen) atoms. The molecule has 5 aromatic rings. The molecule has 3 aliphatic rings. The molecule has 15 nitrogen and oxygen atoms in total. The lowest BCUT2D eigenvalue weighted by Gasteiger charge is -2.38. The van der Waals surface area contributed by atoms with Crippen molar-refractivity contribution in [2.75, 3.05) is 66.5 Å². The highest BCUT2D eigenvalue weighted by atomic mass is 32.2. The number of benzene rings is 2. The third kappa shape index (κ3) is 9.16. The standard InChI is InChI=1S/C44H47F2N9O6S/c1-2-22-62(60,61)52-35-10-9-34(45)39(40(35)46)41(58)33-25-49-42-32(33)23-29(24-48-42)31-4-3-15-47-43(31)55-20-18-54(19-21-55)38(57)26-53-16-13-28(14-17-53)27-5-7-30(8-6-27)50-36-11-12-37(56)51-44(36)59/h3-10,15,23-25,28,36,50,52H,2,11-14,16-22,26H2,1H3,(H,48,49)(H,51,56,59). The zero-order chi connectivity index (χ0) is 43.5. The number of carbonyl (C=O) groups excluding carboxylic acids is 4. The first-order valence-corrected chi connectivity index (χ1v) is 22.4. The van der Waals surface area contributed by atoms with E-state index in [1.807, 2.05) is 23.1 Å². The second-order valence-electron chi connectivity index (χ2n) is 15.9. The van der Waals surface area contributed by atoms with Gasteiger partial charge in [-0.3, -0.25) is 34.1 Å². The maximum absolute atomic E-state index is 15.6. The minimum Gasteiger partial charge on any atom is -0.374 e.